The van der Waals surface area contributed by atoms with Crippen LogP contribution in [-0.4, -0.2) is 47.7 Å². The molecule has 3 rings (SSSR count). The summed E-state index contributed by atoms with van der Waals surface area (Å²) in [5.41, 5.74) is 3.26. The lowest BCUT2D eigenvalue weighted by Gasteiger charge is -2.28. The van der Waals surface area contributed by atoms with Gasteiger partial charge in [-0.3, -0.25) is 4.79 Å². The van der Waals surface area contributed by atoms with Gasteiger partial charge in [0.15, 0.2) is 17.3 Å². The molecule has 0 spiro atoms. The highest BCUT2D eigenvalue weighted by molar-refractivity contribution is 5.96. The molecule has 0 saturated carbocycles. The molecule has 38 heavy (non-hydrogen) atoms. The summed E-state index contributed by atoms with van der Waals surface area (Å²) < 4.78 is 51.6. The largest absolute Gasteiger partial charge is 0.493 e. The number of ether oxygens (including phenoxy) is 2. The molecule has 2 aromatic carbocycles. The summed E-state index contributed by atoms with van der Waals surface area (Å²) in [6.07, 6.45) is -3.09. The molecule has 0 aliphatic heterocycles. The molecule has 3 aromatic rings. The second-order valence-corrected chi connectivity index (χ2v) is 9.35. The minimum absolute atomic E-state index is 0.0339. The van der Waals surface area contributed by atoms with Crippen molar-refractivity contribution in [3.8, 4) is 22.8 Å². The van der Waals surface area contributed by atoms with Gasteiger partial charge in [-0.2, -0.15) is 0 Å². The Morgan fingerprint density at radius 2 is 1.76 bits per heavy atom. The van der Waals surface area contributed by atoms with E-state index in [1.165, 1.54) is 63.4 Å². The fourth-order valence-electron chi connectivity index (χ4n) is 3.76. The minimum Gasteiger partial charge on any atom is -0.493 e. The van der Waals surface area contributed by atoms with E-state index in [0.29, 0.717) is 22.6 Å². The SMILES string of the molecule is COc1cc(C(=O)CCC(C)(O)c2cc(C(C)(N)C(F)F)cc(-c3ccc(F)cc3)n2)ccc1OCCO. The number of pyridine rings is 1. The van der Waals surface area contributed by atoms with Crippen LogP contribution in [0.15, 0.2) is 54.6 Å². The predicted molar refractivity (Wildman–Crippen MR) is 136 cm³/mol. The number of alkyl halides is 2. The quantitative estimate of drug-likeness (QED) is 0.293. The van der Waals surface area contributed by atoms with Gasteiger partial charge in [0.1, 0.15) is 18.0 Å². The second-order valence-electron chi connectivity index (χ2n) is 9.35. The third-order valence-electron chi connectivity index (χ3n) is 6.27. The second kappa shape index (κ2) is 11.9. The smallest absolute Gasteiger partial charge is 0.260 e. The molecule has 0 radical (unpaired) electrons. The first-order valence-electron chi connectivity index (χ1n) is 11.9. The number of carbonyl (C=O) groups is 1. The van der Waals surface area contributed by atoms with Gasteiger partial charge in [-0.05, 0) is 80.4 Å². The Bertz CT molecular complexity index is 1260. The summed E-state index contributed by atoms with van der Waals surface area (Å²) >= 11 is 0. The van der Waals surface area contributed by atoms with Gasteiger partial charge in [0.25, 0.3) is 6.43 Å². The van der Waals surface area contributed by atoms with Crippen LogP contribution >= 0.6 is 0 Å². The van der Waals surface area contributed by atoms with Crippen LogP contribution in [0.4, 0.5) is 13.2 Å². The van der Waals surface area contributed by atoms with Gasteiger partial charge in [-0.25, -0.2) is 18.2 Å². The molecule has 10 heteroatoms. The van der Waals surface area contributed by atoms with Crippen LogP contribution in [0.1, 0.15) is 48.3 Å². The Kier molecular flexibility index (Phi) is 9.14. The maximum Gasteiger partial charge on any atom is 0.260 e. The third-order valence-corrected chi connectivity index (χ3v) is 6.27. The molecule has 2 atom stereocenters. The summed E-state index contributed by atoms with van der Waals surface area (Å²) in [5, 5.41) is 20.2. The van der Waals surface area contributed by atoms with Crippen molar-refractivity contribution >= 4 is 5.78 Å². The van der Waals surface area contributed by atoms with Crippen molar-refractivity contribution < 1.29 is 37.7 Å². The van der Waals surface area contributed by atoms with Gasteiger partial charge in [-0.15, -0.1) is 0 Å². The molecule has 0 aliphatic carbocycles. The Morgan fingerprint density at radius 1 is 1.08 bits per heavy atom. The molecule has 204 valence electrons. The summed E-state index contributed by atoms with van der Waals surface area (Å²) in [6.45, 7) is 2.48. The average Bonchev–Trinajstić information content (AvgIpc) is 2.90. The zero-order valence-electron chi connectivity index (χ0n) is 21.4. The molecule has 2 unspecified atom stereocenters. The van der Waals surface area contributed by atoms with Crippen molar-refractivity contribution in [1.29, 1.82) is 0 Å². The molecule has 0 fully saturated rings. The molecule has 1 heterocycles. The Balaban J connectivity index is 1.90. The van der Waals surface area contributed by atoms with Crippen molar-refractivity contribution in [3.63, 3.8) is 0 Å². The molecule has 0 bridgehead atoms. The molecule has 0 amide bonds. The summed E-state index contributed by atoms with van der Waals surface area (Å²) in [5.74, 6) is -0.105. The van der Waals surface area contributed by atoms with Crippen LogP contribution in [-0.2, 0) is 11.1 Å². The number of hydrogen-bond acceptors (Lipinski definition) is 7. The van der Waals surface area contributed by atoms with Crippen molar-refractivity contribution in [3.05, 3.63) is 77.2 Å². The predicted octanol–water partition coefficient (Wildman–Crippen LogP) is 4.58. The number of halogens is 3. The summed E-state index contributed by atoms with van der Waals surface area (Å²) in [4.78, 5) is 17.4. The number of aliphatic hydroxyl groups is 2. The van der Waals surface area contributed by atoms with Gasteiger partial charge >= 0.3 is 0 Å². The number of methoxy groups -OCH3 is 1. The van der Waals surface area contributed by atoms with Crippen LogP contribution < -0.4 is 15.2 Å². The van der Waals surface area contributed by atoms with E-state index in [2.05, 4.69) is 4.98 Å². The number of nitrogens with two attached hydrogens (primary N) is 1. The van der Waals surface area contributed by atoms with E-state index < -0.39 is 23.4 Å². The monoisotopic (exact) mass is 532 g/mol. The van der Waals surface area contributed by atoms with Crippen LogP contribution in [0.2, 0.25) is 0 Å². The lowest BCUT2D eigenvalue weighted by molar-refractivity contribution is 0.0385. The van der Waals surface area contributed by atoms with Crippen LogP contribution in [0.25, 0.3) is 11.3 Å². The normalized spacial score (nSPS) is 14.6. The van der Waals surface area contributed by atoms with Crippen LogP contribution in [0.5, 0.6) is 11.5 Å². The standard InChI is InChI=1S/C28H31F3N2O5/c1-27(36,11-10-22(35)18-6-9-23(38-13-12-34)24(14-18)37-3)25-16-19(28(2,32)26(30)31)15-21(33-25)17-4-7-20(29)8-5-17/h4-9,14-16,26,34,36H,10-13,32H2,1-3H3. The molecule has 0 saturated heterocycles. The van der Waals surface area contributed by atoms with E-state index in [0.717, 1.165) is 0 Å². The highest BCUT2D eigenvalue weighted by atomic mass is 19.3. The lowest BCUT2D eigenvalue weighted by Crippen LogP contribution is -2.41. The summed E-state index contributed by atoms with van der Waals surface area (Å²) in [7, 11) is 1.42. The first kappa shape index (κ1) is 29.1. The number of Topliss-reactive ketones (excluding diaryl/α,β-unsaturated/α-hetero) is 1. The first-order valence-corrected chi connectivity index (χ1v) is 11.9. The number of aliphatic hydroxyl groups excluding tert-OH is 1. The Morgan fingerprint density at radius 3 is 2.37 bits per heavy atom. The molecule has 4 N–H and O–H groups in total. The molecule has 7 nitrogen and oxygen atoms in total. The molecule has 1 aromatic heterocycles. The van der Waals surface area contributed by atoms with Crippen molar-refractivity contribution in [2.75, 3.05) is 20.3 Å². The fourth-order valence-corrected chi connectivity index (χ4v) is 3.76. The number of ketones is 1. The van der Waals surface area contributed by atoms with E-state index in [1.54, 1.807) is 12.1 Å². The van der Waals surface area contributed by atoms with Crippen molar-refractivity contribution in [1.82, 2.24) is 4.98 Å². The van der Waals surface area contributed by atoms with Gasteiger partial charge in [0.2, 0.25) is 0 Å². The minimum atomic E-state index is -2.91. The number of carbonyl (C=O) groups excluding carboxylic acids is 1. The Labute approximate surface area is 219 Å². The highest BCUT2D eigenvalue weighted by Gasteiger charge is 2.35. The van der Waals surface area contributed by atoms with Gasteiger partial charge < -0.3 is 25.4 Å². The number of hydrogen-bond donors (Lipinski definition) is 3. The maximum absolute atomic E-state index is 13.8. The first-order chi connectivity index (χ1) is 17.9. The van der Waals surface area contributed by atoms with Gasteiger partial charge in [-0.1, -0.05) is 0 Å². The number of rotatable bonds is 12. The highest BCUT2D eigenvalue weighted by Crippen LogP contribution is 2.34. The van der Waals surface area contributed by atoms with E-state index >= 15 is 0 Å². The van der Waals surface area contributed by atoms with Crippen molar-refractivity contribution in [2.24, 2.45) is 5.73 Å². The molecular weight excluding hydrogens is 501 g/mol. The lowest BCUT2D eigenvalue weighted by atomic mass is 9.87. The maximum atomic E-state index is 13.8. The zero-order valence-corrected chi connectivity index (χ0v) is 21.4. The van der Waals surface area contributed by atoms with E-state index in [4.69, 9.17) is 20.3 Å². The number of nitrogens with zero attached hydrogens (tertiary/aromatic N) is 1. The van der Waals surface area contributed by atoms with Gasteiger partial charge in [0, 0.05) is 17.5 Å². The van der Waals surface area contributed by atoms with E-state index in [-0.39, 0.29) is 48.8 Å². The fraction of sp³-hybridized carbons (Fsp3) is 0.357. The van der Waals surface area contributed by atoms with E-state index in [1.807, 2.05) is 0 Å². The zero-order chi connectivity index (χ0) is 28.1. The molecule has 0 aliphatic rings. The van der Waals surface area contributed by atoms with Crippen molar-refractivity contribution in [2.45, 2.75) is 44.3 Å². The average molecular weight is 533 g/mol. The van der Waals surface area contributed by atoms with Crippen LogP contribution in [0, 0.1) is 5.82 Å². The summed E-state index contributed by atoms with van der Waals surface area (Å²) in [6, 6.07) is 12.6. The number of benzene rings is 2. The van der Waals surface area contributed by atoms with E-state index in [9.17, 15) is 23.1 Å². The third kappa shape index (κ3) is 6.69. The van der Waals surface area contributed by atoms with Gasteiger partial charge in [0.05, 0.1) is 30.6 Å². The molecular formula is C28H31F3N2O5. The van der Waals surface area contributed by atoms with Crippen LogP contribution in [0.3, 0.4) is 0 Å². The topological polar surface area (TPSA) is 115 Å². The number of aromatic nitrogens is 1. The Hall–Kier alpha value is -3.47.